The zero-order chi connectivity index (χ0) is 14.4. The van der Waals surface area contributed by atoms with Crippen LogP contribution < -0.4 is 10.0 Å². The normalized spacial score (nSPS) is 17.2. The lowest BCUT2D eigenvalue weighted by atomic mass is 10.3. The molecule has 0 bridgehead atoms. The van der Waals surface area contributed by atoms with Gasteiger partial charge < -0.3 is 10.2 Å². The highest BCUT2D eigenvalue weighted by atomic mass is 79.9. The number of piperazine rings is 1. The minimum Gasteiger partial charge on any atom is -0.314 e. The summed E-state index contributed by atoms with van der Waals surface area (Å²) in [6.45, 7) is 5.51. The van der Waals surface area contributed by atoms with E-state index in [1.807, 2.05) is 0 Å². The number of nitrogens with one attached hydrogen (secondary N) is 2. The van der Waals surface area contributed by atoms with Gasteiger partial charge >= 0.3 is 0 Å². The van der Waals surface area contributed by atoms with Crippen molar-refractivity contribution in [2.45, 2.75) is 11.3 Å². The number of hydrogen-bond donors (Lipinski definition) is 2. The van der Waals surface area contributed by atoms with Crippen molar-refractivity contribution in [3.8, 4) is 0 Å². The van der Waals surface area contributed by atoms with E-state index in [0.717, 1.165) is 39.1 Å². The van der Waals surface area contributed by atoms with Gasteiger partial charge in [-0.2, -0.15) is 0 Å². The zero-order valence-corrected chi connectivity index (χ0v) is 13.7. The second-order valence-electron chi connectivity index (χ2n) is 4.77. The van der Waals surface area contributed by atoms with E-state index in [9.17, 15) is 8.42 Å². The molecule has 1 aliphatic heterocycles. The van der Waals surface area contributed by atoms with Crippen molar-refractivity contribution < 1.29 is 8.42 Å². The molecule has 112 valence electrons. The highest BCUT2D eigenvalue weighted by Gasteiger charge is 2.16. The molecule has 1 aromatic carbocycles. The Morgan fingerprint density at radius 2 is 1.95 bits per heavy atom. The molecule has 0 radical (unpaired) electrons. The number of halogens is 1. The molecule has 1 fully saturated rings. The molecule has 1 heterocycles. The molecule has 0 atom stereocenters. The van der Waals surface area contributed by atoms with Crippen LogP contribution >= 0.6 is 15.9 Å². The maximum Gasteiger partial charge on any atom is 0.241 e. The Kier molecular flexibility index (Phi) is 5.98. The van der Waals surface area contributed by atoms with Crippen LogP contribution in [-0.4, -0.2) is 52.6 Å². The van der Waals surface area contributed by atoms with Gasteiger partial charge in [-0.15, -0.1) is 0 Å². The second kappa shape index (κ2) is 7.51. The first-order chi connectivity index (χ1) is 9.59. The molecule has 0 amide bonds. The molecule has 2 rings (SSSR count). The van der Waals surface area contributed by atoms with Gasteiger partial charge in [-0.3, -0.25) is 0 Å². The molecule has 1 saturated heterocycles. The van der Waals surface area contributed by atoms with Crippen molar-refractivity contribution >= 4 is 26.0 Å². The number of sulfonamides is 1. The van der Waals surface area contributed by atoms with Gasteiger partial charge in [0.25, 0.3) is 0 Å². The monoisotopic (exact) mass is 361 g/mol. The molecule has 1 aromatic rings. The van der Waals surface area contributed by atoms with Gasteiger partial charge in [0.15, 0.2) is 0 Å². The van der Waals surface area contributed by atoms with Crippen LogP contribution in [0.25, 0.3) is 0 Å². The first-order valence-corrected chi connectivity index (χ1v) is 9.04. The van der Waals surface area contributed by atoms with Crippen molar-refractivity contribution in [1.29, 1.82) is 0 Å². The lowest BCUT2D eigenvalue weighted by Crippen LogP contribution is -2.44. The fraction of sp³-hybridized carbons (Fsp3) is 0.538. The molecule has 20 heavy (non-hydrogen) atoms. The fourth-order valence-corrected chi connectivity index (χ4v) is 4.26. The van der Waals surface area contributed by atoms with E-state index >= 15 is 0 Å². The van der Waals surface area contributed by atoms with Gasteiger partial charge in [-0.1, -0.05) is 12.1 Å². The lowest BCUT2D eigenvalue weighted by Gasteiger charge is -2.27. The molecule has 0 aliphatic carbocycles. The topological polar surface area (TPSA) is 61.4 Å². The summed E-state index contributed by atoms with van der Waals surface area (Å²) in [4.78, 5) is 2.64. The summed E-state index contributed by atoms with van der Waals surface area (Å²) in [7, 11) is -3.42. The minimum atomic E-state index is -3.42. The molecule has 1 aliphatic rings. The average molecular weight is 362 g/mol. The Bertz CT molecular complexity index is 530. The van der Waals surface area contributed by atoms with E-state index < -0.39 is 10.0 Å². The Morgan fingerprint density at radius 1 is 1.25 bits per heavy atom. The van der Waals surface area contributed by atoms with Crippen molar-refractivity contribution in [3.63, 3.8) is 0 Å². The standard InChI is InChI=1S/C13H20BrN3O2S/c14-12-4-1-2-5-13(12)20(18,19)16-6-3-9-17-10-7-15-8-11-17/h1-2,4-5,15-16H,3,6-11H2. The van der Waals surface area contributed by atoms with Crippen molar-refractivity contribution in [1.82, 2.24) is 14.9 Å². The SMILES string of the molecule is O=S(=O)(NCCCN1CCNCC1)c1ccccc1Br. The van der Waals surface area contributed by atoms with Gasteiger partial charge in [0, 0.05) is 37.2 Å². The van der Waals surface area contributed by atoms with Gasteiger partial charge in [-0.05, 0) is 41.0 Å². The van der Waals surface area contributed by atoms with Crippen LogP contribution in [0.3, 0.4) is 0 Å². The number of benzene rings is 1. The molecule has 5 nitrogen and oxygen atoms in total. The van der Waals surface area contributed by atoms with Gasteiger partial charge in [-0.25, -0.2) is 13.1 Å². The van der Waals surface area contributed by atoms with Crippen LogP contribution in [0.1, 0.15) is 6.42 Å². The predicted molar refractivity (Wildman–Crippen MR) is 83.3 cm³/mol. The molecular weight excluding hydrogens is 342 g/mol. The first-order valence-electron chi connectivity index (χ1n) is 6.77. The minimum absolute atomic E-state index is 0.294. The van der Waals surface area contributed by atoms with Crippen molar-refractivity contribution in [2.24, 2.45) is 0 Å². The fourth-order valence-electron chi connectivity index (χ4n) is 2.18. The Balaban J connectivity index is 1.79. The largest absolute Gasteiger partial charge is 0.314 e. The van der Waals surface area contributed by atoms with E-state index in [0.29, 0.717) is 15.9 Å². The quantitative estimate of drug-likeness (QED) is 0.742. The summed E-state index contributed by atoms with van der Waals surface area (Å²) in [5.74, 6) is 0. The molecule has 0 saturated carbocycles. The average Bonchev–Trinajstić information content (AvgIpc) is 2.45. The van der Waals surface area contributed by atoms with Crippen LogP contribution in [0.5, 0.6) is 0 Å². The predicted octanol–water partition coefficient (Wildman–Crippen LogP) is 1.02. The third kappa shape index (κ3) is 4.53. The Morgan fingerprint density at radius 3 is 2.65 bits per heavy atom. The molecule has 0 spiro atoms. The van der Waals surface area contributed by atoms with E-state index in [4.69, 9.17) is 0 Å². The van der Waals surface area contributed by atoms with E-state index in [-0.39, 0.29) is 0 Å². The Hall–Kier alpha value is -0.470. The van der Waals surface area contributed by atoms with E-state index in [1.165, 1.54) is 0 Å². The third-order valence-corrected chi connectivity index (χ3v) is 5.75. The molecule has 7 heteroatoms. The van der Waals surface area contributed by atoms with Crippen LogP contribution in [0.15, 0.2) is 33.6 Å². The Labute approximate surface area is 128 Å². The highest BCUT2D eigenvalue weighted by Crippen LogP contribution is 2.20. The molecule has 0 aromatic heterocycles. The summed E-state index contributed by atoms with van der Waals surface area (Å²) in [5.41, 5.74) is 0. The zero-order valence-electron chi connectivity index (χ0n) is 11.3. The number of rotatable bonds is 6. The summed E-state index contributed by atoms with van der Waals surface area (Å²) in [6.07, 6.45) is 0.823. The maximum atomic E-state index is 12.1. The third-order valence-electron chi connectivity index (χ3n) is 3.28. The van der Waals surface area contributed by atoms with Crippen molar-refractivity contribution in [3.05, 3.63) is 28.7 Å². The van der Waals surface area contributed by atoms with Crippen molar-refractivity contribution in [2.75, 3.05) is 39.3 Å². The number of nitrogens with zero attached hydrogens (tertiary/aromatic N) is 1. The summed E-state index contributed by atoms with van der Waals surface area (Å²) in [5, 5.41) is 3.30. The van der Waals surface area contributed by atoms with Crippen LogP contribution in [0.2, 0.25) is 0 Å². The van der Waals surface area contributed by atoms with Gasteiger partial charge in [0.1, 0.15) is 0 Å². The van der Waals surface area contributed by atoms with Gasteiger partial charge in [0.2, 0.25) is 10.0 Å². The molecule has 2 N–H and O–H groups in total. The number of hydrogen-bond acceptors (Lipinski definition) is 4. The van der Waals surface area contributed by atoms with Crippen LogP contribution in [-0.2, 0) is 10.0 Å². The van der Waals surface area contributed by atoms with Crippen LogP contribution in [0, 0.1) is 0 Å². The maximum absolute atomic E-state index is 12.1. The highest BCUT2D eigenvalue weighted by molar-refractivity contribution is 9.10. The van der Waals surface area contributed by atoms with Gasteiger partial charge in [0.05, 0.1) is 4.90 Å². The lowest BCUT2D eigenvalue weighted by molar-refractivity contribution is 0.239. The summed E-state index contributed by atoms with van der Waals surface area (Å²) in [6, 6.07) is 6.85. The molecule has 0 unspecified atom stereocenters. The summed E-state index contributed by atoms with van der Waals surface area (Å²) < 4.78 is 27.5. The first kappa shape index (κ1) is 15.9. The smallest absolute Gasteiger partial charge is 0.241 e. The molecular formula is C13H20BrN3O2S. The van der Waals surface area contributed by atoms with E-state index in [2.05, 4.69) is 30.9 Å². The van der Waals surface area contributed by atoms with Crippen LogP contribution in [0.4, 0.5) is 0 Å². The van der Waals surface area contributed by atoms with E-state index in [1.54, 1.807) is 24.3 Å². The summed E-state index contributed by atoms with van der Waals surface area (Å²) >= 11 is 3.27. The second-order valence-corrected chi connectivity index (χ2v) is 7.36.